The Bertz CT molecular complexity index is 416. The van der Waals surface area contributed by atoms with Gasteiger partial charge >= 0.3 is 0 Å². The highest BCUT2D eigenvalue weighted by Gasteiger charge is 2.03. The van der Waals surface area contributed by atoms with Crippen LogP contribution in [0.1, 0.15) is 25.8 Å². The monoisotopic (exact) mass is 266 g/mol. The molecule has 0 fully saturated rings. The van der Waals surface area contributed by atoms with E-state index in [0.717, 1.165) is 11.3 Å². The maximum atomic E-state index is 11.6. The molecule has 0 atom stereocenters. The Morgan fingerprint density at radius 2 is 2.00 bits per heavy atom. The molecule has 3 N–H and O–H groups in total. The maximum Gasteiger partial charge on any atom is 0.226 e. The summed E-state index contributed by atoms with van der Waals surface area (Å²) >= 11 is 4.85. The third-order valence-electron chi connectivity index (χ3n) is 2.23. The van der Waals surface area contributed by atoms with Gasteiger partial charge in [0.25, 0.3) is 0 Å². The van der Waals surface area contributed by atoms with Crippen LogP contribution >= 0.6 is 12.2 Å². The van der Waals surface area contributed by atoms with E-state index in [1.807, 2.05) is 13.8 Å². The van der Waals surface area contributed by atoms with Gasteiger partial charge in [-0.1, -0.05) is 12.2 Å². The molecule has 98 valence electrons. The lowest BCUT2D eigenvalue weighted by molar-refractivity contribution is -0.117. The molecule has 0 aromatic heterocycles. The third kappa shape index (κ3) is 5.25. The Morgan fingerprint density at radius 1 is 1.39 bits per heavy atom. The standard InChI is InChI=1S/C13H18N2O2S/c1-9(2)17-8-7-12(16)15-11-5-3-10(4-6-11)13(14)18/h3-6,9H,7-8H2,1-2H3,(H2,14,18)(H,15,16). The molecule has 0 saturated carbocycles. The zero-order chi connectivity index (χ0) is 13.5. The van der Waals surface area contributed by atoms with E-state index in [1.54, 1.807) is 24.3 Å². The topological polar surface area (TPSA) is 64.3 Å². The maximum absolute atomic E-state index is 11.6. The van der Waals surface area contributed by atoms with Gasteiger partial charge in [0.1, 0.15) is 4.99 Å². The van der Waals surface area contributed by atoms with Crippen molar-refractivity contribution in [2.24, 2.45) is 5.73 Å². The molecule has 0 heterocycles. The highest BCUT2D eigenvalue weighted by Crippen LogP contribution is 2.09. The molecular weight excluding hydrogens is 248 g/mol. The molecule has 4 nitrogen and oxygen atoms in total. The van der Waals surface area contributed by atoms with Crippen LogP contribution in [0.5, 0.6) is 0 Å². The first kappa shape index (κ1) is 14.6. The number of nitrogens with two attached hydrogens (primary N) is 1. The average molecular weight is 266 g/mol. The molecule has 1 aromatic rings. The predicted octanol–water partition coefficient (Wildman–Crippen LogP) is 2.07. The van der Waals surface area contributed by atoms with Gasteiger partial charge in [0.2, 0.25) is 5.91 Å². The van der Waals surface area contributed by atoms with Crippen molar-refractivity contribution in [1.82, 2.24) is 0 Å². The Hall–Kier alpha value is -1.46. The van der Waals surface area contributed by atoms with Crippen LogP contribution < -0.4 is 11.1 Å². The Kier molecular flexibility index (Phi) is 5.74. The van der Waals surface area contributed by atoms with Crippen molar-refractivity contribution < 1.29 is 9.53 Å². The average Bonchev–Trinajstić information content (AvgIpc) is 2.29. The first-order valence-corrected chi connectivity index (χ1v) is 6.21. The lowest BCUT2D eigenvalue weighted by Crippen LogP contribution is -2.16. The highest BCUT2D eigenvalue weighted by atomic mass is 32.1. The first-order chi connectivity index (χ1) is 8.49. The molecule has 0 radical (unpaired) electrons. The number of amides is 1. The summed E-state index contributed by atoms with van der Waals surface area (Å²) < 4.78 is 5.31. The molecular formula is C13H18N2O2S. The van der Waals surface area contributed by atoms with Gasteiger partial charge in [-0.3, -0.25) is 4.79 Å². The third-order valence-corrected chi connectivity index (χ3v) is 2.47. The van der Waals surface area contributed by atoms with Gasteiger partial charge in [0, 0.05) is 11.3 Å². The summed E-state index contributed by atoms with van der Waals surface area (Å²) in [6.07, 6.45) is 0.484. The number of hydrogen-bond donors (Lipinski definition) is 2. The van der Waals surface area contributed by atoms with Crippen LogP contribution in [0.4, 0.5) is 5.69 Å². The smallest absolute Gasteiger partial charge is 0.226 e. The van der Waals surface area contributed by atoms with E-state index in [1.165, 1.54) is 0 Å². The minimum atomic E-state index is -0.0706. The fourth-order valence-corrected chi connectivity index (χ4v) is 1.46. The summed E-state index contributed by atoms with van der Waals surface area (Å²) in [5.41, 5.74) is 7.00. The van der Waals surface area contributed by atoms with Crippen LogP contribution in [-0.2, 0) is 9.53 Å². The summed E-state index contributed by atoms with van der Waals surface area (Å²) in [5, 5.41) is 2.78. The van der Waals surface area contributed by atoms with Gasteiger partial charge in [-0.05, 0) is 38.1 Å². The fraction of sp³-hybridized carbons (Fsp3) is 0.385. The molecule has 0 unspecified atom stereocenters. The second kappa shape index (κ2) is 7.08. The molecule has 0 saturated heterocycles. The van der Waals surface area contributed by atoms with Gasteiger partial charge in [-0.15, -0.1) is 0 Å². The van der Waals surface area contributed by atoms with Crippen molar-refractivity contribution in [3.8, 4) is 0 Å². The SMILES string of the molecule is CC(C)OCCC(=O)Nc1ccc(C(N)=S)cc1. The van der Waals surface area contributed by atoms with E-state index >= 15 is 0 Å². The number of carbonyl (C=O) groups excluding carboxylic acids is 1. The summed E-state index contributed by atoms with van der Waals surface area (Å²) in [4.78, 5) is 11.9. The molecule has 0 aliphatic heterocycles. The number of thiocarbonyl (C=S) groups is 1. The van der Waals surface area contributed by atoms with E-state index in [4.69, 9.17) is 22.7 Å². The number of carbonyl (C=O) groups is 1. The largest absolute Gasteiger partial charge is 0.389 e. The number of benzene rings is 1. The number of hydrogen-bond acceptors (Lipinski definition) is 3. The molecule has 0 aliphatic carbocycles. The Balaban J connectivity index is 2.42. The summed E-state index contributed by atoms with van der Waals surface area (Å²) in [6, 6.07) is 7.11. The van der Waals surface area contributed by atoms with Crippen molar-refractivity contribution >= 4 is 28.8 Å². The van der Waals surface area contributed by atoms with Crippen molar-refractivity contribution in [2.45, 2.75) is 26.4 Å². The van der Waals surface area contributed by atoms with E-state index in [2.05, 4.69) is 5.32 Å². The van der Waals surface area contributed by atoms with Crippen molar-refractivity contribution in [1.29, 1.82) is 0 Å². The van der Waals surface area contributed by atoms with Crippen LogP contribution in [-0.4, -0.2) is 23.6 Å². The first-order valence-electron chi connectivity index (χ1n) is 5.80. The van der Waals surface area contributed by atoms with E-state index in [-0.39, 0.29) is 12.0 Å². The van der Waals surface area contributed by atoms with Crippen LogP contribution in [0.3, 0.4) is 0 Å². The van der Waals surface area contributed by atoms with Crippen LogP contribution in [0.25, 0.3) is 0 Å². The van der Waals surface area contributed by atoms with Crippen LogP contribution in [0.15, 0.2) is 24.3 Å². The molecule has 1 aromatic carbocycles. The zero-order valence-electron chi connectivity index (χ0n) is 10.6. The summed E-state index contributed by atoms with van der Waals surface area (Å²) in [6.45, 7) is 4.30. The van der Waals surface area contributed by atoms with Crippen LogP contribution in [0.2, 0.25) is 0 Å². The number of rotatable bonds is 6. The zero-order valence-corrected chi connectivity index (χ0v) is 11.4. The normalized spacial score (nSPS) is 10.4. The predicted molar refractivity (Wildman–Crippen MR) is 76.7 cm³/mol. The quantitative estimate of drug-likeness (QED) is 0.774. The highest BCUT2D eigenvalue weighted by molar-refractivity contribution is 7.80. The van der Waals surface area contributed by atoms with E-state index < -0.39 is 0 Å². The second-order valence-electron chi connectivity index (χ2n) is 4.16. The van der Waals surface area contributed by atoms with E-state index in [0.29, 0.717) is 18.0 Å². The molecule has 1 rings (SSSR count). The van der Waals surface area contributed by atoms with Crippen LogP contribution in [0, 0.1) is 0 Å². The Labute approximate surface area is 113 Å². The van der Waals surface area contributed by atoms with Gasteiger partial charge in [-0.2, -0.15) is 0 Å². The lowest BCUT2D eigenvalue weighted by Gasteiger charge is -2.08. The summed E-state index contributed by atoms with van der Waals surface area (Å²) in [5.74, 6) is -0.0706. The Morgan fingerprint density at radius 3 is 2.50 bits per heavy atom. The second-order valence-corrected chi connectivity index (χ2v) is 4.60. The number of anilines is 1. The molecule has 5 heteroatoms. The van der Waals surface area contributed by atoms with Gasteiger partial charge in [0.15, 0.2) is 0 Å². The lowest BCUT2D eigenvalue weighted by atomic mass is 10.2. The van der Waals surface area contributed by atoms with E-state index in [9.17, 15) is 4.79 Å². The summed E-state index contributed by atoms with van der Waals surface area (Å²) in [7, 11) is 0. The van der Waals surface area contributed by atoms with Gasteiger partial charge in [-0.25, -0.2) is 0 Å². The molecule has 0 bridgehead atoms. The minimum absolute atomic E-state index is 0.0706. The van der Waals surface area contributed by atoms with Crippen molar-refractivity contribution in [2.75, 3.05) is 11.9 Å². The molecule has 18 heavy (non-hydrogen) atoms. The molecule has 0 aliphatic rings. The molecule has 1 amide bonds. The van der Waals surface area contributed by atoms with Gasteiger partial charge in [0.05, 0.1) is 19.1 Å². The minimum Gasteiger partial charge on any atom is -0.389 e. The number of ether oxygens (including phenoxy) is 1. The van der Waals surface area contributed by atoms with Gasteiger partial charge < -0.3 is 15.8 Å². The fourth-order valence-electron chi connectivity index (χ4n) is 1.33. The van der Waals surface area contributed by atoms with Crippen molar-refractivity contribution in [3.05, 3.63) is 29.8 Å². The van der Waals surface area contributed by atoms with Crippen molar-refractivity contribution in [3.63, 3.8) is 0 Å². The molecule has 0 spiro atoms. The number of nitrogens with one attached hydrogen (secondary N) is 1.